The standard InChI is InChI=1S/C15H15FN4O3S/c1-2-23-11-4-6-15-13(8-11)18-19-20(15)14-5-3-10(7-12(14)16)9-17-24(21)22/h3-8,24H,2,9H2,1H3,(H,17,21,22). The normalized spacial score (nSPS) is 11.3. The van der Waals surface area contributed by atoms with Crippen LogP contribution in [0.4, 0.5) is 4.39 Å². The monoisotopic (exact) mass is 350 g/mol. The van der Waals surface area contributed by atoms with Gasteiger partial charge >= 0.3 is 0 Å². The highest BCUT2D eigenvalue weighted by atomic mass is 32.2. The van der Waals surface area contributed by atoms with Crippen molar-refractivity contribution in [2.45, 2.75) is 13.5 Å². The van der Waals surface area contributed by atoms with Crippen molar-refractivity contribution in [1.82, 2.24) is 19.7 Å². The Morgan fingerprint density at radius 1 is 1.25 bits per heavy atom. The Balaban J connectivity index is 1.95. The molecular weight excluding hydrogens is 335 g/mol. The van der Waals surface area contributed by atoms with Gasteiger partial charge in [0, 0.05) is 12.6 Å². The predicted molar refractivity (Wildman–Crippen MR) is 87.1 cm³/mol. The average molecular weight is 350 g/mol. The molecule has 9 heteroatoms. The van der Waals surface area contributed by atoms with Gasteiger partial charge in [-0.15, -0.1) is 5.10 Å². The summed E-state index contributed by atoms with van der Waals surface area (Å²) in [5.41, 5.74) is 1.98. The topological polar surface area (TPSA) is 86.1 Å². The second kappa shape index (κ2) is 6.93. The van der Waals surface area contributed by atoms with Crippen LogP contribution in [-0.2, 0) is 17.4 Å². The fourth-order valence-electron chi connectivity index (χ4n) is 2.33. The Labute approximate surface area is 139 Å². The summed E-state index contributed by atoms with van der Waals surface area (Å²) >= 11 is 0. The molecule has 126 valence electrons. The Hall–Kier alpha value is -2.52. The fourth-order valence-corrected chi connectivity index (χ4v) is 2.64. The van der Waals surface area contributed by atoms with E-state index in [1.54, 1.807) is 24.3 Å². The van der Waals surface area contributed by atoms with Gasteiger partial charge in [0.25, 0.3) is 0 Å². The maximum atomic E-state index is 14.4. The molecule has 0 saturated heterocycles. The van der Waals surface area contributed by atoms with E-state index in [0.29, 0.717) is 29.0 Å². The SMILES string of the molecule is CCOc1ccc2c(c1)nnn2-c1ccc(CN[SH](=O)=O)cc1F. The zero-order chi connectivity index (χ0) is 17.1. The van der Waals surface area contributed by atoms with Gasteiger partial charge in [-0.1, -0.05) is 11.3 Å². The van der Waals surface area contributed by atoms with Crippen molar-refractivity contribution in [2.75, 3.05) is 6.61 Å². The fraction of sp³-hybridized carbons (Fsp3) is 0.200. The molecule has 3 aromatic rings. The minimum Gasteiger partial charge on any atom is -0.494 e. The predicted octanol–water partition coefficient (Wildman–Crippen LogP) is 1.57. The lowest BCUT2D eigenvalue weighted by Gasteiger charge is -2.07. The van der Waals surface area contributed by atoms with Crippen LogP contribution in [0.5, 0.6) is 5.75 Å². The zero-order valence-corrected chi connectivity index (χ0v) is 13.7. The van der Waals surface area contributed by atoms with Crippen LogP contribution in [0, 0.1) is 5.82 Å². The average Bonchev–Trinajstić information content (AvgIpc) is 2.96. The quantitative estimate of drug-likeness (QED) is 0.659. The molecule has 1 heterocycles. The summed E-state index contributed by atoms with van der Waals surface area (Å²) in [5.74, 6) is 0.154. The molecule has 1 N–H and O–H groups in total. The van der Waals surface area contributed by atoms with Gasteiger partial charge in [-0.05, 0) is 36.8 Å². The van der Waals surface area contributed by atoms with Crippen LogP contribution in [0.2, 0.25) is 0 Å². The minimum absolute atomic E-state index is 0.0335. The van der Waals surface area contributed by atoms with Crippen molar-refractivity contribution >= 4 is 21.9 Å². The molecule has 0 unspecified atom stereocenters. The van der Waals surface area contributed by atoms with E-state index in [1.807, 2.05) is 6.92 Å². The Kier molecular flexibility index (Phi) is 4.72. The molecule has 0 aliphatic carbocycles. The number of fused-ring (bicyclic) bond motifs is 1. The first-order valence-corrected chi connectivity index (χ1v) is 8.41. The largest absolute Gasteiger partial charge is 0.494 e. The van der Waals surface area contributed by atoms with E-state index in [0.717, 1.165) is 0 Å². The smallest absolute Gasteiger partial charge is 0.201 e. The highest BCUT2D eigenvalue weighted by Crippen LogP contribution is 2.23. The van der Waals surface area contributed by atoms with Crippen molar-refractivity contribution in [2.24, 2.45) is 0 Å². The molecule has 0 aliphatic rings. The van der Waals surface area contributed by atoms with E-state index in [1.165, 1.54) is 16.8 Å². The number of ether oxygens (including phenoxy) is 1. The van der Waals surface area contributed by atoms with Crippen molar-refractivity contribution in [3.8, 4) is 11.4 Å². The lowest BCUT2D eigenvalue weighted by Crippen LogP contribution is -2.11. The van der Waals surface area contributed by atoms with Crippen LogP contribution in [0.25, 0.3) is 16.7 Å². The second-order valence-electron chi connectivity index (χ2n) is 4.96. The highest BCUT2D eigenvalue weighted by molar-refractivity contribution is 7.70. The van der Waals surface area contributed by atoms with Crippen molar-refractivity contribution in [1.29, 1.82) is 0 Å². The molecule has 0 spiro atoms. The van der Waals surface area contributed by atoms with Crippen LogP contribution < -0.4 is 9.46 Å². The summed E-state index contributed by atoms with van der Waals surface area (Å²) < 4.78 is 44.5. The Morgan fingerprint density at radius 2 is 2.08 bits per heavy atom. The third-order valence-electron chi connectivity index (χ3n) is 3.38. The summed E-state index contributed by atoms with van der Waals surface area (Å²) in [5, 5.41) is 8.03. The summed E-state index contributed by atoms with van der Waals surface area (Å²) in [6.07, 6.45) is 0. The molecule has 0 atom stereocenters. The Bertz CT molecular complexity index is 947. The number of nitrogens with one attached hydrogen (secondary N) is 1. The van der Waals surface area contributed by atoms with Crippen molar-refractivity contribution in [3.05, 3.63) is 47.8 Å². The first kappa shape index (κ1) is 16.3. The summed E-state index contributed by atoms with van der Waals surface area (Å²) in [7, 11) is -2.72. The van der Waals surface area contributed by atoms with E-state index in [4.69, 9.17) is 4.74 Å². The molecule has 0 aliphatic heterocycles. The van der Waals surface area contributed by atoms with Crippen LogP contribution in [-0.4, -0.2) is 30.0 Å². The van der Waals surface area contributed by atoms with E-state index < -0.39 is 16.7 Å². The number of hydrogen-bond donors (Lipinski definition) is 2. The number of hydrogen-bond acceptors (Lipinski definition) is 5. The number of halogens is 1. The summed E-state index contributed by atoms with van der Waals surface area (Å²) in [4.78, 5) is 0. The van der Waals surface area contributed by atoms with Crippen LogP contribution in [0.1, 0.15) is 12.5 Å². The minimum atomic E-state index is -2.72. The van der Waals surface area contributed by atoms with Gasteiger partial charge in [-0.2, -0.15) is 0 Å². The molecule has 1 aromatic heterocycles. The van der Waals surface area contributed by atoms with E-state index in [2.05, 4.69) is 15.0 Å². The molecule has 0 amide bonds. The molecule has 3 rings (SSSR count). The van der Waals surface area contributed by atoms with Crippen molar-refractivity contribution in [3.63, 3.8) is 0 Å². The molecule has 0 radical (unpaired) electrons. The lowest BCUT2D eigenvalue weighted by molar-refractivity contribution is 0.340. The number of aromatic nitrogens is 3. The molecule has 0 saturated carbocycles. The third kappa shape index (κ3) is 3.36. The number of thiol groups is 1. The van der Waals surface area contributed by atoms with E-state index in [9.17, 15) is 12.8 Å². The van der Waals surface area contributed by atoms with Gasteiger partial charge in [-0.25, -0.2) is 22.2 Å². The van der Waals surface area contributed by atoms with E-state index in [-0.39, 0.29) is 12.2 Å². The first-order chi connectivity index (χ1) is 11.6. The van der Waals surface area contributed by atoms with Gasteiger partial charge in [0.05, 0.1) is 12.1 Å². The van der Waals surface area contributed by atoms with Crippen LogP contribution >= 0.6 is 0 Å². The second-order valence-corrected chi connectivity index (χ2v) is 5.79. The Morgan fingerprint density at radius 3 is 2.79 bits per heavy atom. The molecule has 7 nitrogen and oxygen atoms in total. The van der Waals surface area contributed by atoms with Crippen LogP contribution in [0.15, 0.2) is 36.4 Å². The summed E-state index contributed by atoms with van der Waals surface area (Å²) in [6.45, 7) is 2.46. The summed E-state index contributed by atoms with van der Waals surface area (Å²) in [6, 6.07) is 9.71. The highest BCUT2D eigenvalue weighted by Gasteiger charge is 2.12. The van der Waals surface area contributed by atoms with Gasteiger partial charge in [0.15, 0.2) is 0 Å². The molecular formula is C15H15FN4O3S. The number of benzene rings is 2. The molecule has 24 heavy (non-hydrogen) atoms. The molecule has 2 aromatic carbocycles. The maximum Gasteiger partial charge on any atom is 0.201 e. The number of nitrogens with zero attached hydrogens (tertiary/aromatic N) is 3. The van der Waals surface area contributed by atoms with Gasteiger partial charge in [0.2, 0.25) is 10.9 Å². The lowest BCUT2D eigenvalue weighted by atomic mass is 10.2. The zero-order valence-electron chi connectivity index (χ0n) is 12.8. The van der Waals surface area contributed by atoms with E-state index >= 15 is 0 Å². The number of rotatable bonds is 6. The third-order valence-corrected chi connectivity index (χ3v) is 3.80. The maximum absolute atomic E-state index is 14.4. The molecule has 0 fully saturated rings. The van der Waals surface area contributed by atoms with Crippen molar-refractivity contribution < 1.29 is 17.5 Å². The van der Waals surface area contributed by atoms with Gasteiger partial charge < -0.3 is 4.74 Å². The van der Waals surface area contributed by atoms with Gasteiger partial charge in [0.1, 0.15) is 22.8 Å². The first-order valence-electron chi connectivity index (χ1n) is 7.23. The molecule has 0 bridgehead atoms. The van der Waals surface area contributed by atoms with Crippen LogP contribution in [0.3, 0.4) is 0 Å². The van der Waals surface area contributed by atoms with Gasteiger partial charge in [-0.3, -0.25) is 0 Å².